The van der Waals surface area contributed by atoms with Crippen LogP contribution in [0.15, 0.2) is 48.5 Å². The topological polar surface area (TPSA) is 9.23 Å². The summed E-state index contributed by atoms with van der Waals surface area (Å²) in [5, 5.41) is 0. The first-order valence-electron chi connectivity index (χ1n) is 19.2. The fourth-order valence-corrected chi connectivity index (χ4v) is 6.38. The molecule has 0 heterocycles. The van der Waals surface area contributed by atoms with Crippen LogP contribution >= 0.6 is 0 Å². The SMILES string of the molecule is CCCCCCCCCCCCCCCc1ccc(Oc2ccccc2)c(CCCCCCCCCCCCCCC)c1. The minimum Gasteiger partial charge on any atom is -0.457 e. The molecule has 244 valence electrons. The Kier molecular flexibility index (Phi) is 24.2. The largest absolute Gasteiger partial charge is 0.457 e. The molecular weight excluding hydrogens is 520 g/mol. The molecule has 43 heavy (non-hydrogen) atoms. The number of hydrogen-bond acceptors (Lipinski definition) is 1. The van der Waals surface area contributed by atoms with Crippen LogP contribution in [-0.4, -0.2) is 0 Å². The smallest absolute Gasteiger partial charge is 0.130 e. The molecule has 1 nitrogen and oxygen atoms in total. The molecule has 0 spiro atoms. The Hall–Kier alpha value is -1.76. The van der Waals surface area contributed by atoms with Gasteiger partial charge in [0.15, 0.2) is 0 Å². The standard InChI is InChI=1S/C42H70O/c1-3-5-7-9-11-13-15-17-19-21-23-25-28-32-39-36-37-42(43-41-34-30-27-31-35-41)40(38-39)33-29-26-24-22-20-18-16-14-12-10-8-6-4-2/h27,30-31,34-38H,3-26,28-29,32-33H2,1-2H3. The lowest BCUT2D eigenvalue weighted by molar-refractivity contribution is 0.473. The number of para-hydroxylation sites is 1. The summed E-state index contributed by atoms with van der Waals surface area (Å²) in [6.07, 6.45) is 39.0. The zero-order valence-corrected chi connectivity index (χ0v) is 28.8. The third kappa shape index (κ3) is 20.8. The van der Waals surface area contributed by atoms with Gasteiger partial charge in [0.1, 0.15) is 11.5 Å². The second-order valence-electron chi connectivity index (χ2n) is 13.3. The van der Waals surface area contributed by atoms with Crippen LogP contribution in [0, 0.1) is 0 Å². The van der Waals surface area contributed by atoms with Gasteiger partial charge in [-0.15, -0.1) is 0 Å². The summed E-state index contributed by atoms with van der Waals surface area (Å²) in [5.41, 5.74) is 2.90. The van der Waals surface area contributed by atoms with Crippen molar-refractivity contribution in [1.29, 1.82) is 0 Å². The van der Waals surface area contributed by atoms with E-state index in [4.69, 9.17) is 4.74 Å². The van der Waals surface area contributed by atoms with E-state index < -0.39 is 0 Å². The van der Waals surface area contributed by atoms with Gasteiger partial charge in [0.2, 0.25) is 0 Å². The lowest BCUT2D eigenvalue weighted by Crippen LogP contribution is -1.96. The summed E-state index contributed by atoms with van der Waals surface area (Å²) >= 11 is 0. The van der Waals surface area contributed by atoms with Crippen LogP contribution in [0.4, 0.5) is 0 Å². The summed E-state index contributed by atoms with van der Waals surface area (Å²) < 4.78 is 6.35. The maximum atomic E-state index is 6.35. The molecule has 2 aromatic carbocycles. The van der Waals surface area contributed by atoms with E-state index >= 15 is 0 Å². The van der Waals surface area contributed by atoms with E-state index in [2.05, 4.69) is 62.4 Å². The summed E-state index contributed by atoms with van der Waals surface area (Å²) in [4.78, 5) is 0. The van der Waals surface area contributed by atoms with Crippen LogP contribution in [0.3, 0.4) is 0 Å². The van der Waals surface area contributed by atoms with Gasteiger partial charge in [-0.1, -0.05) is 198 Å². The molecule has 0 radical (unpaired) electrons. The average molecular weight is 591 g/mol. The zero-order valence-electron chi connectivity index (χ0n) is 28.8. The van der Waals surface area contributed by atoms with Crippen LogP contribution in [0.25, 0.3) is 0 Å². The number of benzene rings is 2. The van der Waals surface area contributed by atoms with E-state index in [1.54, 1.807) is 0 Å². The Balaban J connectivity index is 1.62. The molecule has 1 heteroatoms. The number of aryl methyl sites for hydroxylation is 2. The Morgan fingerprint density at radius 1 is 0.395 bits per heavy atom. The monoisotopic (exact) mass is 591 g/mol. The average Bonchev–Trinajstić information content (AvgIpc) is 3.03. The third-order valence-corrected chi connectivity index (χ3v) is 9.21. The van der Waals surface area contributed by atoms with Crippen molar-refractivity contribution in [1.82, 2.24) is 0 Å². The molecule has 0 aliphatic carbocycles. The van der Waals surface area contributed by atoms with Gasteiger partial charge in [0, 0.05) is 0 Å². The van der Waals surface area contributed by atoms with Gasteiger partial charge in [-0.3, -0.25) is 0 Å². The summed E-state index contributed by atoms with van der Waals surface area (Å²) in [7, 11) is 0. The highest BCUT2D eigenvalue weighted by Gasteiger charge is 2.08. The van der Waals surface area contributed by atoms with Crippen molar-refractivity contribution in [2.24, 2.45) is 0 Å². The second-order valence-corrected chi connectivity index (χ2v) is 13.3. The van der Waals surface area contributed by atoms with Crippen LogP contribution in [0.2, 0.25) is 0 Å². The molecule has 0 aromatic heterocycles. The molecule has 0 N–H and O–H groups in total. The Labute approximate surface area is 269 Å². The first kappa shape index (κ1) is 37.4. The van der Waals surface area contributed by atoms with Gasteiger partial charge >= 0.3 is 0 Å². The van der Waals surface area contributed by atoms with Crippen LogP contribution in [0.5, 0.6) is 11.5 Å². The lowest BCUT2D eigenvalue weighted by Gasteiger charge is -2.13. The molecule has 2 rings (SSSR count). The highest BCUT2D eigenvalue weighted by atomic mass is 16.5. The maximum Gasteiger partial charge on any atom is 0.130 e. The van der Waals surface area contributed by atoms with E-state index in [-0.39, 0.29) is 0 Å². The summed E-state index contributed by atoms with van der Waals surface area (Å²) in [5.74, 6) is 2.00. The quantitative estimate of drug-likeness (QED) is 0.0822. The van der Waals surface area contributed by atoms with Crippen LogP contribution < -0.4 is 4.74 Å². The molecule has 0 atom stereocenters. The molecule has 0 unspecified atom stereocenters. The van der Waals surface area contributed by atoms with Crippen molar-refractivity contribution in [3.63, 3.8) is 0 Å². The van der Waals surface area contributed by atoms with Gasteiger partial charge in [-0.25, -0.2) is 0 Å². The number of unbranched alkanes of at least 4 members (excludes halogenated alkanes) is 24. The molecule has 0 bridgehead atoms. The number of ether oxygens (including phenoxy) is 1. The van der Waals surface area contributed by atoms with Crippen molar-refractivity contribution >= 4 is 0 Å². The predicted octanol–water partition coefficient (Wildman–Crippen LogP) is 14.7. The van der Waals surface area contributed by atoms with E-state index in [9.17, 15) is 0 Å². The lowest BCUT2D eigenvalue weighted by atomic mass is 9.98. The third-order valence-electron chi connectivity index (χ3n) is 9.21. The molecule has 0 aliphatic rings. The van der Waals surface area contributed by atoms with Crippen molar-refractivity contribution in [2.45, 2.75) is 194 Å². The van der Waals surface area contributed by atoms with Gasteiger partial charge in [-0.05, 0) is 55.0 Å². The summed E-state index contributed by atoms with van der Waals surface area (Å²) in [6, 6.07) is 17.3. The minimum atomic E-state index is 0.943. The van der Waals surface area contributed by atoms with Gasteiger partial charge in [-0.2, -0.15) is 0 Å². The summed E-state index contributed by atoms with van der Waals surface area (Å²) in [6.45, 7) is 4.60. The van der Waals surface area contributed by atoms with Crippen molar-refractivity contribution in [3.05, 3.63) is 59.7 Å². The normalized spacial score (nSPS) is 11.3. The van der Waals surface area contributed by atoms with Crippen molar-refractivity contribution in [3.8, 4) is 11.5 Å². The van der Waals surface area contributed by atoms with Crippen molar-refractivity contribution in [2.75, 3.05) is 0 Å². The first-order chi connectivity index (χ1) is 21.3. The molecule has 2 aromatic rings. The van der Waals surface area contributed by atoms with E-state index in [0.29, 0.717) is 0 Å². The highest BCUT2D eigenvalue weighted by Crippen LogP contribution is 2.29. The molecule has 0 aliphatic heterocycles. The van der Waals surface area contributed by atoms with Crippen LogP contribution in [-0.2, 0) is 12.8 Å². The fraction of sp³-hybridized carbons (Fsp3) is 0.714. The Morgan fingerprint density at radius 3 is 1.23 bits per heavy atom. The Morgan fingerprint density at radius 2 is 0.791 bits per heavy atom. The number of rotatable bonds is 30. The molecule has 0 saturated carbocycles. The van der Waals surface area contributed by atoms with Crippen molar-refractivity contribution < 1.29 is 4.74 Å². The van der Waals surface area contributed by atoms with Crippen LogP contribution in [0.1, 0.15) is 192 Å². The predicted molar refractivity (Wildman–Crippen MR) is 192 cm³/mol. The molecular formula is C42H70O. The number of hydrogen-bond donors (Lipinski definition) is 0. The fourth-order valence-electron chi connectivity index (χ4n) is 6.38. The molecule has 0 fully saturated rings. The Bertz CT molecular complexity index is 856. The van der Waals surface area contributed by atoms with Gasteiger partial charge in [0.25, 0.3) is 0 Å². The molecule has 0 amide bonds. The molecule has 0 saturated heterocycles. The second kappa shape index (κ2) is 27.8. The van der Waals surface area contributed by atoms with E-state index in [0.717, 1.165) is 17.9 Å². The first-order valence-corrected chi connectivity index (χ1v) is 19.2. The minimum absolute atomic E-state index is 0.943. The van der Waals surface area contributed by atoms with Gasteiger partial charge in [0.05, 0.1) is 0 Å². The van der Waals surface area contributed by atoms with Gasteiger partial charge < -0.3 is 4.74 Å². The zero-order chi connectivity index (χ0) is 30.5. The highest BCUT2D eigenvalue weighted by molar-refractivity contribution is 5.40. The maximum absolute atomic E-state index is 6.35. The van der Waals surface area contributed by atoms with E-state index in [1.165, 1.54) is 184 Å². The van der Waals surface area contributed by atoms with E-state index in [1.807, 2.05) is 0 Å².